The molecule has 0 fully saturated rings. The Kier molecular flexibility index (Phi) is 5.33. The van der Waals surface area contributed by atoms with Crippen molar-refractivity contribution in [1.29, 1.82) is 0 Å². The first-order chi connectivity index (χ1) is 6.15. The van der Waals surface area contributed by atoms with Gasteiger partial charge in [-0.1, -0.05) is 13.2 Å². The molecule has 0 aromatic rings. The summed E-state index contributed by atoms with van der Waals surface area (Å²) in [6.45, 7) is 11.3. The van der Waals surface area contributed by atoms with Gasteiger partial charge in [0.05, 0.1) is 0 Å². The molecule has 2 heteroatoms. The summed E-state index contributed by atoms with van der Waals surface area (Å²) in [5.41, 5.74) is 4.18. The van der Waals surface area contributed by atoms with Gasteiger partial charge in [-0.05, 0) is 19.4 Å². The third kappa shape index (κ3) is 4.14. The number of aliphatic imine (C=N–C) groups is 1. The van der Waals surface area contributed by atoms with E-state index in [1.807, 2.05) is 13.8 Å². The lowest BCUT2D eigenvalue weighted by Crippen LogP contribution is -2.16. The van der Waals surface area contributed by atoms with Crippen molar-refractivity contribution in [1.82, 2.24) is 4.90 Å². The number of rotatable bonds is 3. The van der Waals surface area contributed by atoms with Gasteiger partial charge in [0.1, 0.15) is 5.84 Å². The zero-order valence-electron chi connectivity index (χ0n) is 8.54. The molecule has 0 rings (SSSR count). The molecule has 0 unspecified atom stereocenters. The van der Waals surface area contributed by atoms with Crippen LogP contribution in [0.4, 0.5) is 0 Å². The first kappa shape index (κ1) is 11.5. The maximum atomic E-state index is 4.07. The first-order valence-corrected chi connectivity index (χ1v) is 4.05. The molecule has 0 amide bonds. The maximum absolute atomic E-state index is 4.07. The highest BCUT2D eigenvalue weighted by molar-refractivity contribution is 5.94. The fourth-order valence-corrected chi connectivity index (χ4v) is 0.725. The molecule has 0 heterocycles. The van der Waals surface area contributed by atoms with E-state index in [1.54, 1.807) is 30.4 Å². The molecule has 0 aliphatic heterocycles. The van der Waals surface area contributed by atoms with E-state index in [1.165, 1.54) is 0 Å². The van der Waals surface area contributed by atoms with Gasteiger partial charge < -0.3 is 4.90 Å². The molecule has 0 aromatic heterocycles. The summed E-state index contributed by atoms with van der Waals surface area (Å²) in [4.78, 5) is 5.80. The van der Waals surface area contributed by atoms with Gasteiger partial charge in [-0.3, -0.25) is 4.99 Å². The number of nitrogens with zero attached hydrogens (tertiary/aromatic N) is 2. The third-order valence-electron chi connectivity index (χ3n) is 1.38. The summed E-state index contributed by atoms with van der Waals surface area (Å²) in [5, 5.41) is 0. The average Bonchev–Trinajstić information content (AvgIpc) is 2.11. The monoisotopic (exact) mass is 176 g/mol. The SMILES string of the molecule is C=CN(C=C)/C(C=C=C(C)C)=N\C. The van der Waals surface area contributed by atoms with Crippen LogP contribution in [0.25, 0.3) is 0 Å². The highest BCUT2D eigenvalue weighted by atomic mass is 15.1. The molecule has 13 heavy (non-hydrogen) atoms. The zero-order chi connectivity index (χ0) is 10.3. The van der Waals surface area contributed by atoms with Crippen LogP contribution in [0.1, 0.15) is 13.8 Å². The van der Waals surface area contributed by atoms with Crippen molar-refractivity contribution in [2.45, 2.75) is 13.8 Å². The Bertz CT molecular complexity index is 266. The van der Waals surface area contributed by atoms with Crippen molar-refractivity contribution >= 4 is 5.84 Å². The maximum Gasteiger partial charge on any atom is 0.139 e. The summed E-state index contributed by atoms with van der Waals surface area (Å²) in [6.07, 6.45) is 5.11. The van der Waals surface area contributed by atoms with Crippen LogP contribution in [-0.2, 0) is 0 Å². The molecule has 2 nitrogen and oxygen atoms in total. The molecule has 0 radical (unpaired) electrons. The molecule has 0 N–H and O–H groups in total. The molecule has 0 spiro atoms. The van der Waals surface area contributed by atoms with Crippen LogP contribution in [0.15, 0.2) is 47.9 Å². The van der Waals surface area contributed by atoms with Gasteiger partial charge in [-0.15, -0.1) is 5.73 Å². The Hall–Kier alpha value is -1.53. The van der Waals surface area contributed by atoms with Crippen molar-refractivity contribution in [3.63, 3.8) is 0 Å². The Morgan fingerprint density at radius 2 is 1.85 bits per heavy atom. The van der Waals surface area contributed by atoms with E-state index in [9.17, 15) is 0 Å². The van der Waals surface area contributed by atoms with E-state index in [4.69, 9.17) is 0 Å². The first-order valence-electron chi connectivity index (χ1n) is 4.05. The Morgan fingerprint density at radius 3 is 2.15 bits per heavy atom. The predicted octanol–water partition coefficient (Wildman–Crippen LogP) is 2.73. The molecule has 0 bridgehead atoms. The van der Waals surface area contributed by atoms with Gasteiger partial charge >= 0.3 is 0 Å². The summed E-state index contributed by atoms with van der Waals surface area (Å²) >= 11 is 0. The summed E-state index contributed by atoms with van der Waals surface area (Å²) in [5.74, 6) is 0.770. The smallest absolute Gasteiger partial charge is 0.139 e. The second kappa shape index (κ2) is 6.04. The predicted molar refractivity (Wildman–Crippen MR) is 58.5 cm³/mol. The van der Waals surface area contributed by atoms with E-state index in [0.29, 0.717) is 0 Å². The van der Waals surface area contributed by atoms with Gasteiger partial charge in [-0.25, -0.2) is 0 Å². The van der Waals surface area contributed by atoms with Gasteiger partial charge in [0.15, 0.2) is 0 Å². The quantitative estimate of drug-likeness (QED) is 0.367. The van der Waals surface area contributed by atoms with E-state index in [-0.39, 0.29) is 0 Å². The van der Waals surface area contributed by atoms with Crippen molar-refractivity contribution in [3.8, 4) is 0 Å². The largest absolute Gasteiger partial charge is 0.310 e. The second-order valence-electron chi connectivity index (χ2n) is 2.64. The minimum atomic E-state index is 0.770. The zero-order valence-corrected chi connectivity index (χ0v) is 8.54. The van der Waals surface area contributed by atoms with Crippen LogP contribution in [-0.4, -0.2) is 17.8 Å². The highest BCUT2D eigenvalue weighted by Gasteiger charge is 1.96. The summed E-state index contributed by atoms with van der Waals surface area (Å²) < 4.78 is 0. The lowest BCUT2D eigenvalue weighted by atomic mass is 10.3. The van der Waals surface area contributed by atoms with Crippen molar-refractivity contribution in [2.75, 3.05) is 7.05 Å². The van der Waals surface area contributed by atoms with Crippen LogP contribution >= 0.6 is 0 Å². The van der Waals surface area contributed by atoms with E-state index >= 15 is 0 Å². The molecular weight excluding hydrogens is 160 g/mol. The number of hydrogen-bond donors (Lipinski definition) is 0. The molecule has 0 saturated heterocycles. The molecule has 0 saturated carbocycles. The van der Waals surface area contributed by atoms with Gasteiger partial charge in [-0.2, -0.15) is 0 Å². The number of amidine groups is 1. The minimum absolute atomic E-state index is 0.770. The van der Waals surface area contributed by atoms with Crippen LogP contribution in [0.2, 0.25) is 0 Å². The standard InChI is InChI=1S/C11H16N2/c1-6-13(7-2)11(12-5)9-8-10(3)4/h6-7,9H,1-2H2,3-5H3/b12-11-. The van der Waals surface area contributed by atoms with E-state index in [0.717, 1.165) is 11.4 Å². The minimum Gasteiger partial charge on any atom is -0.310 e. The summed E-state index contributed by atoms with van der Waals surface area (Å²) in [6, 6.07) is 0. The van der Waals surface area contributed by atoms with Crippen LogP contribution in [0.3, 0.4) is 0 Å². The number of hydrogen-bond acceptors (Lipinski definition) is 1. The second-order valence-corrected chi connectivity index (χ2v) is 2.64. The Morgan fingerprint density at radius 1 is 1.31 bits per heavy atom. The lowest BCUT2D eigenvalue weighted by molar-refractivity contribution is 0.767. The fourth-order valence-electron chi connectivity index (χ4n) is 0.725. The van der Waals surface area contributed by atoms with Crippen molar-refractivity contribution in [3.05, 3.63) is 42.9 Å². The van der Waals surface area contributed by atoms with Crippen LogP contribution < -0.4 is 0 Å². The normalized spacial score (nSPS) is 9.92. The molecule has 0 aliphatic rings. The molecule has 70 valence electrons. The average molecular weight is 176 g/mol. The molecule has 0 atom stereocenters. The van der Waals surface area contributed by atoms with Gasteiger partial charge in [0.2, 0.25) is 0 Å². The molecular formula is C11H16N2. The molecule has 0 aromatic carbocycles. The van der Waals surface area contributed by atoms with Gasteiger partial charge in [0, 0.05) is 25.5 Å². The van der Waals surface area contributed by atoms with Crippen LogP contribution in [0.5, 0.6) is 0 Å². The fraction of sp³-hybridized carbons (Fsp3) is 0.273. The van der Waals surface area contributed by atoms with Crippen LogP contribution in [0, 0.1) is 0 Å². The Balaban J connectivity index is 4.83. The topological polar surface area (TPSA) is 15.6 Å². The van der Waals surface area contributed by atoms with Gasteiger partial charge in [0.25, 0.3) is 0 Å². The van der Waals surface area contributed by atoms with Crippen molar-refractivity contribution in [2.24, 2.45) is 4.99 Å². The van der Waals surface area contributed by atoms with Crippen molar-refractivity contribution < 1.29 is 0 Å². The van der Waals surface area contributed by atoms with E-state index < -0.39 is 0 Å². The van der Waals surface area contributed by atoms with E-state index in [2.05, 4.69) is 23.9 Å². The highest BCUT2D eigenvalue weighted by Crippen LogP contribution is 1.95. The molecule has 0 aliphatic carbocycles. The third-order valence-corrected chi connectivity index (χ3v) is 1.38. The summed E-state index contributed by atoms with van der Waals surface area (Å²) in [7, 11) is 1.72. The Labute approximate surface area is 80.3 Å². The lowest BCUT2D eigenvalue weighted by Gasteiger charge is -2.12.